The Kier molecular flexibility index (Phi) is 5.09. The lowest BCUT2D eigenvalue weighted by Gasteiger charge is -2.23. The van der Waals surface area contributed by atoms with Gasteiger partial charge in [-0.2, -0.15) is 4.52 Å². The van der Waals surface area contributed by atoms with E-state index in [9.17, 15) is 8.42 Å². The molecule has 0 bridgehead atoms. The largest absolute Gasteiger partial charge is 0.356 e. The molecule has 0 radical (unpaired) electrons. The highest BCUT2D eigenvalue weighted by atomic mass is 32.2. The van der Waals surface area contributed by atoms with E-state index in [0.29, 0.717) is 0 Å². The summed E-state index contributed by atoms with van der Waals surface area (Å²) in [4.78, 5) is 7.32. The molecule has 1 saturated heterocycles. The minimum absolute atomic E-state index is 0.0985. The molecule has 31 heavy (non-hydrogen) atoms. The molecule has 160 valence electrons. The normalized spacial score (nSPS) is 15.5. The molecular weight excluding hydrogens is 410 g/mol. The fourth-order valence-electron chi connectivity index (χ4n) is 4.24. The molecule has 0 spiro atoms. The van der Waals surface area contributed by atoms with E-state index in [1.165, 1.54) is 12.8 Å². The molecule has 0 saturated carbocycles. The van der Waals surface area contributed by atoms with Crippen molar-refractivity contribution in [2.45, 2.75) is 48.9 Å². The third kappa shape index (κ3) is 3.44. The van der Waals surface area contributed by atoms with Crippen molar-refractivity contribution in [1.29, 1.82) is 0 Å². The third-order valence-electron chi connectivity index (χ3n) is 6.00. The van der Waals surface area contributed by atoms with E-state index in [2.05, 4.69) is 15.2 Å². The summed E-state index contributed by atoms with van der Waals surface area (Å²) in [6.07, 6.45) is 5.47. The molecular formula is C23H25N5O2S. The Morgan fingerprint density at radius 1 is 0.935 bits per heavy atom. The summed E-state index contributed by atoms with van der Waals surface area (Å²) in [6.45, 7) is 3.86. The van der Waals surface area contributed by atoms with E-state index in [-0.39, 0.29) is 15.6 Å². The van der Waals surface area contributed by atoms with Gasteiger partial charge in [0.1, 0.15) is 5.82 Å². The van der Waals surface area contributed by atoms with Crippen LogP contribution in [0.5, 0.6) is 0 Å². The predicted octanol–water partition coefficient (Wildman–Crippen LogP) is 4.05. The first kappa shape index (κ1) is 19.9. The topological polar surface area (TPSA) is 80.5 Å². The number of aryl methyl sites for hydroxylation is 1. The Bertz CT molecular complexity index is 1340. The number of para-hydroxylation sites is 1. The highest BCUT2D eigenvalue weighted by molar-refractivity contribution is 7.91. The first-order chi connectivity index (χ1) is 15.1. The zero-order valence-electron chi connectivity index (χ0n) is 17.5. The minimum atomic E-state index is -3.85. The Hall–Kier alpha value is -3.00. The van der Waals surface area contributed by atoms with Crippen LogP contribution in [0, 0.1) is 0 Å². The molecule has 0 unspecified atom stereocenters. The maximum atomic E-state index is 13.4. The van der Waals surface area contributed by atoms with Crippen LogP contribution in [0.25, 0.3) is 16.6 Å². The summed E-state index contributed by atoms with van der Waals surface area (Å²) in [5.41, 5.74) is 2.17. The van der Waals surface area contributed by atoms with Gasteiger partial charge in [-0.25, -0.2) is 13.4 Å². The van der Waals surface area contributed by atoms with Crippen molar-refractivity contribution in [2.24, 2.45) is 0 Å². The van der Waals surface area contributed by atoms with Gasteiger partial charge in [-0.1, -0.05) is 49.2 Å². The Labute approximate surface area is 181 Å². The summed E-state index contributed by atoms with van der Waals surface area (Å²) >= 11 is 0. The molecule has 1 aliphatic heterocycles. The van der Waals surface area contributed by atoms with Gasteiger partial charge in [0.2, 0.25) is 14.9 Å². The number of nitrogens with zero attached hydrogens (tertiary/aromatic N) is 5. The molecule has 8 heteroatoms. The van der Waals surface area contributed by atoms with Crippen LogP contribution in [0.15, 0.2) is 58.5 Å². The van der Waals surface area contributed by atoms with Crippen molar-refractivity contribution >= 4 is 32.2 Å². The van der Waals surface area contributed by atoms with Gasteiger partial charge in [0.15, 0.2) is 5.65 Å². The molecule has 1 aliphatic rings. The first-order valence-corrected chi connectivity index (χ1v) is 12.3. The quantitative estimate of drug-likeness (QED) is 0.481. The van der Waals surface area contributed by atoms with Crippen molar-refractivity contribution in [3.63, 3.8) is 0 Å². The number of anilines is 1. The maximum Gasteiger partial charge on any atom is 0.229 e. The average Bonchev–Trinajstić information content (AvgIpc) is 3.06. The lowest BCUT2D eigenvalue weighted by Crippen LogP contribution is -2.25. The highest BCUT2D eigenvalue weighted by Crippen LogP contribution is 2.31. The van der Waals surface area contributed by atoms with Gasteiger partial charge in [-0.05, 0) is 49.1 Å². The van der Waals surface area contributed by atoms with Gasteiger partial charge in [0.25, 0.3) is 0 Å². The number of fused-ring (bicyclic) bond motifs is 3. The highest BCUT2D eigenvalue weighted by Gasteiger charge is 2.28. The van der Waals surface area contributed by atoms with Crippen LogP contribution in [0.3, 0.4) is 0 Å². The molecule has 4 aromatic rings. The van der Waals surface area contributed by atoms with E-state index in [1.54, 1.807) is 16.6 Å². The van der Waals surface area contributed by atoms with E-state index in [4.69, 9.17) is 4.98 Å². The monoisotopic (exact) mass is 435 g/mol. The number of rotatable bonds is 4. The SMILES string of the molecule is CCc1ccc(S(=O)(=O)c2nnn3c2nc(N2CCCCCC2)c2ccccc23)cc1. The number of benzene rings is 2. The lowest BCUT2D eigenvalue weighted by atomic mass is 10.2. The van der Waals surface area contributed by atoms with Crippen LogP contribution in [-0.2, 0) is 16.3 Å². The fraction of sp³-hybridized carbons (Fsp3) is 0.348. The predicted molar refractivity (Wildman–Crippen MR) is 120 cm³/mol. The second-order valence-electron chi connectivity index (χ2n) is 7.98. The first-order valence-electron chi connectivity index (χ1n) is 10.8. The maximum absolute atomic E-state index is 13.4. The molecule has 3 heterocycles. The zero-order chi connectivity index (χ0) is 21.4. The van der Waals surface area contributed by atoms with Crippen LogP contribution >= 0.6 is 0 Å². The summed E-state index contributed by atoms with van der Waals surface area (Å²) in [6, 6.07) is 14.8. The molecule has 0 amide bonds. The summed E-state index contributed by atoms with van der Waals surface area (Å²) in [5, 5.41) is 9.13. The van der Waals surface area contributed by atoms with E-state index in [0.717, 1.165) is 54.6 Å². The van der Waals surface area contributed by atoms with Gasteiger partial charge in [0.05, 0.1) is 10.4 Å². The summed E-state index contributed by atoms with van der Waals surface area (Å²) < 4.78 is 28.4. The molecule has 1 fully saturated rings. The third-order valence-corrected chi connectivity index (χ3v) is 7.67. The number of hydrogen-bond donors (Lipinski definition) is 0. The van der Waals surface area contributed by atoms with E-state index < -0.39 is 9.84 Å². The molecule has 0 N–H and O–H groups in total. The molecule has 0 aliphatic carbocycles. The second kappa shape index (κ2) is 7.92. The fourth-order valence-corrected chi connectivity index (χ4v) is 5.48. The molecule has 2 aromatic heterocycles. The average molecular weight is 436 g/mol. The van der Waals surface area contributed by atoms with Crippen molar-refractivity contribution in [2.75, 3.05) is 18.0 Å². The molecule has 0 atom stereocenters. The van der Waals surface area contributed by atoms with Gasteiger partial charge in [-0.15, -0.1) is 5.10 Å². The van der Waals surface area contributed by atoms with Crippen LogP contribution in [-0.4, -0.2) is 41.3 Å². The zero-order valence-corrected chi connectivity index (χ0v) is 18.3. The van der Waals surface area contributed by atoms with E-state index in [1.807, 2.05) is 43.3 Å². The van der Waals surface area contributed by atoms with Crippen LogP contribution in [0.2, 0.25) is 0 Å². The Morgan fingerprint density at radius 2 is 1.65 bits per heavy atom. The van der Waals surface area contributed by atoms with Gasteiger partial charge in [-0.3, -0.25) is 0 Å². The van der Waals surface area contributed by atoms with Crippen molar-refractivity contribution in [1.82, 2.24) is 19.8 Å². The standard InChI is InChI=1S/C23H25N5O2S/c1-2-17-11-13-18(14-12-17)31(29,30)23-22-24-21(27-15-7-3-4-8-16-27)19-9-5-6-10-20(19)28(22)26-25-23/h5-6,9-14H,2-4,7-8,15-16H2,1H3. The van der Waals surface area contributed by atoms with Crippen LogP contribution in [0.1, 0.15) is 38.2 Å². The molecule has 2 aromatic carbocycles. The van der Waals surface area contributed by atoms with Gasteiger partial charge < -0.3 is 4.90 Å². The number of sulfone groups is 1. The summed E-state index contributed by atoms with van der Waals surface area (Å²) in [5.74, 6) is 0.810. The van der Waals surface area contributed by atoms with Crippen LogP contribution < -0.4 is 4.90 Å². The van der Waals surface area contributed by atoms with Gasteiger partial charge >= 0.3 is 0 Å². The number of hydrogen-bond acceptors (Lipinski definition) is 6. The van der Waals surface area contributed by atoms with Gasteiger partial charge in [0, 0.05) is 18.5 Å². The van der Waals surface area contributed by atoms with E-state index >= 15 is 0 Å². The Morgan fingerprint density at radius 3 is 2.35 bits per heavy atom. The van der Waals surface area contributed by atoms with Crippen molar-refractivity contribution in [3.8, 4) is 0 Å². The molecule has 5 rings (SSSR count). The minimum Gasteiger partial charge on any atom is -0.356 e. The summed E-state index contributed by atoms with van der Waals surface area (Å²) in [7, 11) is -3.85. The van der Waals surface area contributed by atoms with Crippen molar-refractivity contribution in [3.05, 3.63) is 54.1 Å². The lowest BCUT2D eigenvalue weighted by molar-refractivity contribution is 0.592. The smallest absolute Gasteiger partial charge is 0.229 e. The second-order valence-corrected chi connectivity index (χ2v) is 9.85. The molecule has 7 nitrogen and oxygen atoms in total. The Balaban J connectivity index is 1.72. The van der Waals surface area contributed by atoms with Crippen molar-refractivity contribution < 1.29 is 8.42 Å². The number of aromatic nitrogens is 4. The van der Waals surface area contributed by atoms with Crippen LogP contribution in [0.4, 0.5) is 5.82 Å².